The summed E-state index contributed by atoms with van der Waals surface area (Å²) < 4.78 is 22.8. The number of fused-ring (bicyclic) bond motifs is 2. The molecule has 0 spiro atoms. The van der Waals surface area contributed by atoms with Crippen LogP contribution in [0, 0.1) is 17.8 Å². The smallest absolute Gasteiger partial charge is 0.449 e. The van der Waals surface area contributed by atoms with Crippen molar-refractivity contribution >= 4 is 14.9 Å². The van der Waals surface area contributed by atoms with Crippen LogP contribution in [0.25, 0.3) is 0 Å². The van der Waals surface area contributed by atoms with E-state index in [2.05, 4.69) is 17.5 Å². The topological polar surface area (TPSA) is 66.0 Å². The molecule has 1 saturated carbocycles. The first-order valence-corrected chi connectivity index (χ1v) is 11.6. The third-order valence-corrected chi connectivity index (χ3v) is 8.02. The third kappa shape index (κ3) is 6.09. The van der Waals surface area contributed by atoms with Gasteiger partial charge in [-0.25, -0.2) is 4.79 Å². The lowest BCUT2D eigenvalue weighted by molar-refractivity contribution is 0.0705. The standard InChI is InChI=1S/C18H33NO5Si/c1-4-22-25(23-5-2,24-6-3)11-7-10-19-18(20)21-14-17-13-15-8-9-16(17)12-15/h8-9,15-17H,4-7,10-14H2,1-3H3,(H,19,20)/t15-,16+,17?/m1/s1. The van der Waals surface area contributed by atoms with Gasteiger partial charge in [0.05, 0.1) is 6.61 Å². The van der Waals surface area contributed by atoms with E-state index in [1.54, 1.807) is 0 Å². The van der Waals surface area contributed by atoms with Gasteiger partial charge >= 0.3 is 14.9 Å². The van der Waals surface area contributed by atoms with Gasteiger partial charge in [0.15, 0.2) is 0 Å². The second kappa shape index (κ2) is 10.3. The monoisotopic (exact) mass is 371 g/mol. The number of carbonyl (C=O) groups excluding carboxylic acids is 1. The van der Waals surface area contributed by atoms with Crippen LogP contribution in [0.15, 0.2) is 12.2 Å². The molecular weight excluding hydrogens is 338 g/mol. The average Bonchev–Trinajstić information content (AvgIpc) is 3.21. The van der Waals surface area contributed by atoms with Crippen LogP contribution >= 0.6 is 0 Å². The maximum atomic E-state index is 11.9. The molecule has 0 radical (unpaired) electrons. The van der Waals surface area contributed by atoms with Gasteiger partial charge in [-0.1, -0.05) is 12.2 Å². The van der Waals surface area contributed by atoms with Crippen LogP contribution in [0.2, 0.25) is 6.04 Å². The lowest BCUT2D eigenvalue weighted by Gasteiger charge is -2.28. The second-order valence-electron chi connectivity index (χ2n) is 6.65. The van der Waals surface area contributed by atoms with Gasteiger partial charge in [0.25, 0.3) is 0 Å². The number of carbonyl (C=O) groups is 1. The first-order valence-electron chi connectivity index (χ1n) is 9.63. The number of alkyl carbamates (subject to hydrolysis) is 1. The molecule has 0 aromatic carbocycles. The largest absolute Gasteiger partial charge is 0.500 e. The predicted molar refractivity (Wildman–Crippen MR) is 98.3 cm³/mol. The van der Waals surface area contributed by atoms with Crippen molar-refractivity contribution in [3.8, 4) is 0 Å². The summed E-state index contributed by atoms with van der Waals surface area (Å²) in [5, 5.41) is 2.83. The van der Waals surface area contributed by atoms with Crippen molar-refractivity contribution in [1.29, 1.82) is 0 Å². The molecule has 1 unspecified atom stereocenters. The average molecular weight is 372 g/mol. The Morgan fingerprint density at radius 1 is 1.08 bits per heavy atom. The molecule has 144 valence electrons. The van der Waals surface area contributed by atoms with Gasteiger partial charge in [0.2, 0.25) is 0 Å². The van der Waals surface area contributed by atoms with E-state index in [1.807, 2.05) is 20.8 Å². The number of nitrogens with one attached hydrogen (secondary N) is 1. The van der Waals surface area contributed by atoms with E-state index < -0.39 is 8.80 Å². The molecule has 2 aliphatic rings. The van der Waals surface area contributed by atoms with Crippen molar-refractivity contribution in [2.24, 2.45) is 17.8 Å². The van der Waals surface area contributed by atoms with Crippen molar-refractivity contribution in [1.82, 2.24) is 5.32 Å². The highest BCUT2D eigenvalue weighted by Crippen LogP contribution is 2.43. The number of amides is 1. The van der Waals surface area contributed by atoms with Crippen molar-refractivity contribution < 1.29 is 22.8 Å². The molecule has 1 N–H and O–H groups in total. The molecule has 1 amide bonds. The summed E-state index contributed by atoms with van der Waals surface area (Å²) in [6.45, 7) is 8.60. The maximum Gasteiger partial charge on any atom is 0.500 e. The molecule has 7 heteroatoms. The van der Waals surface area contributed by atoms with Gasteiger partial charge in [0, 0.05) is 38.3 Å². The fourth-order valence-corrected chi connectivity index (χ4v) is 6.43. The van der Waals surface area contributed by atoms with Crippen molar-refractivity contribution in [3.05, 3.63) is 12.2 Å². The fourth-order valence-electron chi connectivity index (χ4n) is 3.82. The zero-order valence-corrected chi connectivity index (χ0v) is 16.8. The van der Waals surface area contributed by atoms with E-state index in [4.69, 9.17) is 18.0 Å². The molecule has 0 aromatic rings. The Kier molecular flexibility index (Phi) is 8.42. The summed E-state index contributed by atoms with van der Waals surface area (Å²) in [5.74, 6) is 1.80. The highest BCUT2D eigenvalue weighted by Gasteiger charge is 2.39. The Morgan fingerprint density at radius 2 is 1.76 bits per heavy atom. The molecule has 25 heavy (non-hydrogen) atoms. The summed E-state index contributed by atoms with van der Waals surface area (Å²) >= 11 is 0. The Bertz CT molecular complexity index is 428. The van der Waals surface area contributed by atoms with Gasteiger partial charge in [-0.15, -0.1) is 0 Å². The van der Waals surface area contributed by atoms with Crippen LogP contribution in [0.4, 0.5) is 4.79 Å². The molecule has 2 bridgehead atoms. The Balaban J connectivity index is 1.63. The Labute approximate surface area is 152 Å². The highest BCUT2D eigenvalue weighted by atomic mass is 28.4. The van der Waals surface area contributed by atoms with Gasteiger partial charge in [-0.05, 0) is 51.9 Å². The minimum Gasteiger partial charge on any atom is -0.449 e. The summed E-state index contributed by atoms with van der Waals surface area (Å²) in [6.07, 6.45) is 7.38. The highest BCUT2D eigenvalue weighted by molar-refractivity contribution is 6.60. The number of allylic oxidation sites excluding steroid dienone is 2. The van der Waals surface area contributed by atoms with Crippen LogP contribution in [0.3, 0.4) is 0 Å². The molecule has 3 atom stereocenters. The lowest BCUT2D eigenvalue weighted by atomic mass is 9.95. The number of hydrogen-bond donors (Lipinski definition) is 1. The molecule has 2 aliphatic carbocycles. The molecular formula is C18H33NO5Si. The SMILES string of the molecule is CCO[Si](CCCNC(=O)OCC1C[C@@H]2C=C[C@H]1C2)(OCC)OCC. The maximum absolute atomic E-state index is 11.9. The van der Waals surface area contributed by atoms with Crippen molar-refractivity contribution in [2.75, 3.05) is 33.0 Å². The van der Waals surface area contributed by atoms with E-state index >= 15 is 0 Å². The molecule has 1 fully saturated rings. The first-order chi connectivity index (χ1) is 12.1. The van der Waals surface area contributed by atoms with Crippen LogP contribution in [-0.2, 0) is 18.0 Å². The van der Waals surface area contributed by atoms with Crippen LogP contribution in [0.1, 0.15) is 40.0 Å². The number of ether oxygens (including phenoxy) is 1. The van der Waals surface area contributed by atoms with Crippen LogP contribution in [0.5, 0.6) is 0 Å². The first kappa shape index (κ1) is 20.4. The van der Waals surface area contributed by atoms with Crippen molar-refractivity contribution in [3.63, 3.8) is 0 Å². The summed E-state index contributed by atoms with van der Waals surface area (Å²) in [6, 6.07) is 0.694. The Morgan fingerprint density at radius 3 is 2.28 bits per heavy atom. The van der Waals surface area contributed by atoms with Gasteiger partial charge in [-0.3, -0.25) is 0 Å². The van der Waals surface area contributed by atoms with Gasteiger partial charge in [0.1, 0.15) is 0 Å². The van der Waals surface area contributed by atoms with Crippen LogP contribution in [-0.4, -0.2) is 47.9 Å². The molecule has 0 saturated heterocycles. The number of hydrogen-bond acceptors (Lipinski definition) is 5. The lowest BCUT2D eigenvalue weighted by Crippen LogP contribution is -2.46. The third-order valence-electron chi connectivity index (χ3n) is 4.87. The normalized spacial score (nSPS) is 24.7. The second-order valence-corrected chi connectivity index (χ2v) is 9.38. The minimum atomic E-state index is -2.62. The molecule has 0 aromatic heterocycles. The quantitative estimate of drug-likeness (QED) is 0.324. The van der Waals surface area contributed by atoms with E-state index in [0.29, 0.717) is 56.8 Å². The van der Waals surface area contributed by atoms with Crippen LogP contribution < -0.4 is 5.32 Å². The summed E-state index contributed by atoms with van der Waals surface area (Å²) in [7, 11) is -2.62. The number of rotatable bonds is 12. The van der Waals surface area contributed by atoms with E-state index in [-0.39, 0.29) is 6.09 Å². The van der Waals surface area contributed by atoms with Gasteiger partial charge < -0.3 is 23.3 Å². The van der Waals surface area contributed by atoms with E-state index in [1.165, 1.54) is 6.42 Å². The summed E-state index contributed by atoms with van der Waals surface area (Å²) in [5.41, 5.74) is 0. The minimum absolute atomic E-state index is 0.330. The Hall–Kier alpha value is -0.893. The fraction of sp³-hybridized carbons (Fsp3) is 0.833. The van der Waals surface area contributed by atoms with Crippen molar-refractivity contribution in [2.45, 2.75) is 46.1 Å². The molecule has 6 nitrogen and oxygen atoms in total. The summed E-state index contributed by atoms with van der Waals surface area (Å²) in [4.78, 5) is 11.9. The molecule has 0 aliphatic heterocycles. The van der Waals surface area contributed by atoms with E-state index in [0.717, 1.165) is 12.8 Å². The predicted octanol–water partition coefficient (Wildman–Crippen LogP) is 3.36. The zero-order valence-electron chi connectivity index (χ0n) is 15.8. The molecule has 0 heterocycles. The molecule has 2 rings (SSSR count). The van der Waals surface area contributed by atoms with Gasteiger partial charge in [-0.2, -0.15) is 0 Å². The van der Waals surface area contributed by atoms with E-state index in [9.17, 15) is 4.79 Å². The zero-order chi connectivity index (χ0) is 18.1.